The van der Waals surface area contributed by atoms with E-state index in [9.17, 15) is 4.89 Å². The largest absolute Gasteiger partial charge is 0.379 e. The Balaban J connectivity index is 3.98. The molecule has 0 heterocycles. The molecule has 0 rings (SSSR count). The minimum Gasteiger partial charge on any atom is -0.379 e. The van der Waals surface area contributed by atoms with Crippen molar-refractivity contribution in [3.63, 3.8) is 0 Å². The van der Waals surface area contributed by atoms with Crippen molar-refractivity contribution in [3.8, 4) is 0 Å². The average Bonchev–Trinajstić information content (AvgIpc) is 2.12. The summed E-state index contributed by atoms with van der Waals surface area (Å²) in [5, 5.41) is 0. The quantitative estimate of drug-likeness (QED) is 0.500. The van der Waals surface area contributed by atoms with Crippen LogP contribution in [0.3, 0.4) is 0 Å². The van der Waals surface area contributed by atoms with Gasteiger partial charge in [-0.05, 0) is 26.3 Å². The smallest absolute Gasteiger partial charge is 0.0106 e. The predicted molar refractivity (Wildman–Crippen MR) is 68.7 cm³/mol. The van der Waals surface area contributed by atoms with E-state index in [0.29, 0.717) is 5.66 Å². The van der Waals surface area contributed by atoms with Crippen LogP contribution in [-0.4, -0.2) is 22.1 Å². The zero-order valence-corrected chi connectivity index (χ0v) is 10.7. The van der Waals surface area contributed by atoms with E-state index in [2.05, 4.69) is 26.5 Å². The molecule has 0 amide bonds. The van der Waals surface area contributed by atoms with Crippen molar-refractivity contribution in [2.45, 2.75) is 51.6 Å². The molecular formula is C10H23OPS. The second-order valence-electron chi connectivity index (χ2n) is 3.44. The van der Waals surface area contributed by atoms with Gasteiger partial charge in [-0.2, -0.15) is 12.6 Å². The van der Waals surface area contributed by atoms with Crippen molar-refractivity contribution in [3.05, 3.63) is 0 Å². The monoisotopic (exact) mass is 222 g/mol. The lowest BCUT2D eigenvalue weighted by Gasteiger charge is -2.16. The van der Waals surface area contributed by atoms with Crippen molar-refractivity contribution < 1.29 is 4.89 Å². The molecule has 0 aliphatic heterocycles. The Bertz CT molecular complexity index is 148. The fourth-order valence-corrected chi connectivity index (χ4v) is 3.67. The summed E-state index contributed by atoms with van der Waals surface area (Å²) in [6, 6.07) is 0. The molecule has 0 radical (unpaired) electrons. The first kappa shape index (κ1) is 13.6. The molecule has 0 aliphatic carbocycles. The SMILES string of the molecule is CCCCC(CCC)/[PH](O)=C\CS. The Hall–Kier alpha value is 0.610. The topological polar surface area (TPSA) is 20.2 Å². The summed E-state index contributed by atoms with van der Waals surface area (Å²) in [5.41, 5.74) is 0.557. The van der Waals surface area contributed by atoms with Gasteiger partial charge in [0.2, 0.25) is 0 Å². The summed E-state index contributed by atoms with van der Waals surface area (Å²) in [6.07, 6.45) is 6.04. The van der Waals surface area contributed by atoms with Crippen LogP contribution in [0.2, 0.25) is 0 Å². The van der Waals surface area contributed by atoms with E-state index in [1.165, 1.54) is 32.1 Å². The molecule has 0 aromatic heterocycles. The van der Waals surface area contributed by atoms with Crippen molar-refractivity contribution in [2.24, 2.45) is 0 Å². The maximum Gasteiger partial charge on any atom is 0.0106 e. The highest BCUT2D eigenvalue weighted by molar-refractivity contribution is 7.81. The van der Waals surface area contributed by atoms with Crippen LogP contribution in [0.4, 0.5) is 0 Å². The molecule has 80 valence electrons. The Morgan fingerprint density at radius 3 is 2.46 bits per heavy atom. The third kappa shape index (κ3) is 6.65. The number of rotatable bonds is 7. The van der Waals surface area contributed by atoms with Crippen LogP contribution in [-0.2, 0) is 0 Å². The molecule has 0 aromatic carbocycles. The van der Waals surface area contributed by atoms with E-state index in [1.807, 2.05) is 5.80 Å². The van der Waals surface area contributed by atoms with Crippen molar-refractivity contribution >= 4 is 26.2 Å². The highest BCUT2D eigenvalue weighted by atomic mass is 32.1. The lowest BCUT2D eigenvalue weighted by atomic mass is 10.1. The normalized spacial score (nSPS) is 16.0. The van der Waals surface area contributed by atoms with E-state index in [4.69, 9.17) is 0 Å². The average molecular weight is 222 g/mol. The molecule has 0 saturated carbocycles. The predicted octanol–water partition coefficient (Wildman–Crippen LogP) is 3.20. The molecule has 1 N–H and O–H groups in total. The molecule has 0 fully saturated rings. The number of thiol groups is 1. The molecular weight excluding hydrogens is 199 g/mol. The molecule has 0 saturated heterocycles. The highest BCUT2D eigenvalue weighted by Gasteiger charge is 2.08. The molecule has 0 bridgehead atoms. The second-order valence-corrected chi connectivity index (χ2v) is 5.88. The minimum atomic E-state index is -1.22. The number of hydrogen-bond donors (Lipinski definition) is 2. The fraction of sp³-hybridized carbons (Fsp3) is 0.900. The summed E-state index contributed by atoms with van der Waals surface area (Å²) in [4.78, 5) is 9.86. The van der Waals surface area contributed by atoms with Gasteiger partial charge in [0.05, 0.1) is 0 Å². The van der Waals surface area contributed by atoms with Crippen LogP contribution < -0.4 is 0 Å². The van der Waals surface area contributed by atoms with Gasteiger partial charge in [0.1, 0.15) is 0 Å². The lowest BCUT2D eigenvalue weighted by Crippen LogP contribution is -2.03. The van der Waals surface area contributed by atoms with Gasteiger partial charge < -0.3 is 4.89 Å². The molecule has 3 heteroatoms. The lowest BCUT2D eigenvalue weighted by molar-refractivity contribution is 0.573. The molecule has 1 nitrogen and oxygen atoms in total. The van der Waals surface area contributed by atoms with Crippen LogP contribution in [0.5, 0.6) is 0 Å². The molecule has 2 unspecified atom stereocenters. The summed E-state index contributed by atoms with van der Waals surface area (Å²) < 4.78 is 0. The van der Waals surface area contributed by atoms with Gasteiger partial charge in [-0.25, -0.2) is 0 Å². The highest BCUT2D eigenvalue weighted by Crippen LogP contribution is 2.31. The maximum absolute atomic E-state index is 9.86. The van der Waals surface area contributed by atoms with Crippen molar-refractivity contribution in [1.29, 1.82) is 0 Å². The molecule has 0 aromatic rings. The second kappa shape index (κ2) is 9.18. The third-order valence-corrected chi connectivity index (χ3v) is 4.82. The van der Waals surface area contributed by atoms with Crippen LogP contribution in [0.1, 0.15) is 46.0 Å². The summed E-state index contributed by atoms with van der Waals surface area (Å²) in [6.45, 7) is 4.39. The standard InChI is InChI=1S/C10H23OPS/c1-3-5-7-10(6-4-2)12(11)8-9-13/h8,10-13H,3-7,9H2,1-2H3. The van der Waals surface area contributed by atoms with Crippen LogP contribution in [0.25, 0.3) is 0 Å². The van der Waals surface area contributed by atoms with Gasteiger partial charge in [0.15, 0.2) is 0 Å². The van der Waals surface area contributed by atoms with Crippen LogP contribution >= 0.6 is 20.4 Å². The van der Waals surface area contributed by atoms with Crippen molar-refractivity contribution in [2.75, 3.05) is 5.75 Å². The van der Waals surface area contributed by atoms with Gasteiger partial charge in [0, 0.05) is 5.75 Å². The van der Waals surface area contributed by atoms with E-state index in [-0.39, 0.29) is 0 Å². The van der Waals surface area contributed by atoms with E-state index < -0.39 is 7.77 Å². The first-order valence-corrected chi connectivity index (χ1v) is 7.49. The van der Waals surface area contributed by atoms with Gasteiger partial charge in [-0.15, -0.1) is 0 Å². The van der Waals surface area contributed by atoms with E-state index in [1.54, 1.807) is 0 Å². The van der Waals surface area contributed by atoms with Gasteiger partial charge >= 0.3 is 0 Å². The Kier molecular flexibility index (Phi) is 9.61. The zero-order valence-electron chi connectivity index (χ0n) is 8.79. The minimum absolute atomic E-state index is 0.557. The molecule has 0 spiro atoms. The van der Waals surface area contributed by atoms with Gasteiger partial charge in [-0.3, -0.25) is 0 Å². The first-order valence-electron chi connectivity index (χ1n) is 5.26. The molecule has 0 aliphatic rings. The van der Waals surface area contributed by atoms with Crippen LogP contribution in [0.15, 0.2) is 0 Å². The molecule has 13 heavy (non-hydrogen) atoms. The maximum atomic E-state index is 9.86. The molecule has 2 atom stereocenters. The zero-order chi connectivity index (χ0) is 10.1. The number of unbranched alkanes of at least 4 members (excludes halogenated alkanes) is 1. The Labute approximate surface area is 88.8 Å². The fourth-order valence-electron chi connectivity index (χ4n) is 1.50. The first-order chi connectivity index (χ1) is 6.26. The summed E-state index contributed by atoms with van der Waals surface area (Å²) >= 11 is 4.12. The summed E-state index contributed by atoms with van der Waals surface area (Å²) in [7, 11) is -1.22. The van der Waals surface area contributed by atoms with Gasteiger partial charge in [-0.1, -0.05) is 38.9 Å². The van der Waals surface area contributed by atoms with Crippen LogP contribution in [0, 0.1) is 0 Å². The third-order valence-electron chi connectivity index (χ3n) is 2.26. The Morgan fingerprint density at radius 1 is 1.31 bits per heavy atom. The van der Waals surface area contributed by atoms with Gasteiger partial charge in [0.25, 0.3) is 0 Å². The summed E-state index contributed by atoms with van der Waals surface area (Å²) in [5.74, 6) is 2.72. The van der Waals surface area contributed by atoms with E-state index in [0.717, 1.165) is 5.75 Å². The Morgan fingerprint density at radius 2 is 2.00 bits per heavy atom. The van der Waals surface area contributed by atoms with E-state index >= 15 is 0 Å². The number of hydrogen-bond acceptors (Lipinski definition) is 2. The van der Waals surface area contributed by atoms with Crippen molar-refractivity contribution in [1.82, 2.24) is 0 Å².